The lowest BCUT2D eigenvalue weighted by atomic mass is 10.1. The first-order valence-corrected chi connectivity index (χ1v) is 12.4. The highest BCUT2D eigenvalue weighted by molar-refractivity contribution is 5.81. The van der Waals surface area contributed by atoms with E-state index in [0.29, 0.717) is 24.7 Å². The molecular formula is C27H28N8O2. The van der Waals surface area contributed by atoms with E-state index in [9.17, 15) is 0 Å². The summed E-state index contributed by atoms with van der Waals surface area (Å²) in [7, 11) is 1.91. The molecular weight excluding hydrogens is 468 g/mol. The quantitative estimate of drug-likeness (QED) is 0.324. The molecule has 37 heavy (non-hydrogen) atoms. The highest BCUT2D eigenvalue weighted by Crippen LogP contribution is 2.24. The van der Waals surface area contributed by atoms with Crippen molar-refractivity contribution in [1.29, 1.82) is 0 Å². The van der Waals surface area contributed by atoms with Crippen LogP contribution in [0.3, 0.4) is 0 Å². The van der Waals surface area contributed by atoms with Gasteiger partial charge in [0.1, 0.15) is 12.1 Å². The number of nitrogens with zero attached hydrogens (tertiary/aromatic N) is 8. The maximum absolute atomic E-state index is 5.85. The monoisotopic (exact) mass is 496 g/mol. The van der Waals surface area contributed by atoms with Crippen LogP contribution in [-0.4, -0.2) is 79.1 Å². The SMILES string of the molecule is Cn1cc(-c2ccc3nnn(Cc4cccc(-c5ncc(OCCN6CCOCC6)cn5)c4)c3c2)cn1. The van der Waals surface area contributed by atoms with E-state index in [1.807, 2.05) is 48.4 Å². The lowest BCUT2D eigenvalue weighted by Crippen LogP contribution is -2.38. The number of fused-ring (bicyclic) bond motifs is 1. The van der Waals surface area contributed by atoms with Gasteiger partial charge in [-0.05, 0) is 29.3 Å². The van der Waals surface area contributed by atoms with Gasteiger partial charge in [0, 0.05) is 44.0 Å². The van der Waals surface area contributed by atoms with Crippen molar-refractivity contribution >= 4 is 11.0 Å². The van der Waals surface area contributed by atoms with Crippen LogP contribution in [0.15, 0.2) is 67.3 Å². The minimum Gasteiger partial charge on any atom is -0.489 e. The summed E-state index contributed by atoms with van der Waals surface area (Å²) in [5, 5.41) is 13.0. The molecule has 0 bridgehead atoms. The molecule has 0 spiro atoms. The van der Waals surface area contributed by atoms with Crippen LogP contribution >= 0.6 is 0 Å². The van der Waals surface area contributed by atoms with Gasteiger partial charge in [-0.2, -0.15) is 5.10 Å². The first kappa shape index (κ1) is 23.3. The van der Waals surface area contributed by atoms with Gasteiger partial charge in [0.2, 0.25) is 0 Å². The Hall–Kier alpha value is -4.15. The molecule has 4 heterocycles. The van der Waals surface area contributed by atoms with Gasteiger partial charge in [0.05, 0.1) is 43.9 Å². The normalized spacial score (nSPS) is 14.3. The summed E-state index contributed by atoms with van der Waals surface area (Å²) in [4.78, 5) is 11.4. The van der Waals surface area contributed by atoms with Crippen molar-refractivity contribution in [3.8, 4) is 28.3 Å². The summed E-state index contributed by atoms with van der Waals surface area (Å²) in [6.45, 7) is 5.53. The van der Waals surface area contributed by atoms with Gasteiger partial charge in [0.25, 0.3) is 0 Å². The Labute approximate surface area is 214 Å². The van der Waals surface area contributed by atoms with Crippen LogP contribution in [-0.2, 0) is 18.3 Å². The average molecular weight is 497 g/mol. The van der Waals surface area contributed by atoms with E-state index in [0.717, 1.165) is 66.1 Å². The molecule has 10 nitrogen and oxygen atoms in total. The highest BCUT2D eigenvalue weighted by Gasteiger charge is 2.11. The van der Waals surface area contributed by atoms with Gasteiger partial charge < -0.3 is 9.47 Å². The average Bonchev–Trinajstić information content (AvgIpc) is 3.55. The molecule has 1 saturated heterocycles. The second kappa shape index (κ2) is 10.5. The third-order valence-electron chi connectivity index (χ3n) is 6.48. The van der Waals surface area contributed by atoms with Crippen molar-refractivity contribution in [1.82, 2.24) is 39.6 Å². The van der Waals surface area contributed by atoms with Crippen LogP contribution in [0.5, 0.6) is 5.75 Å². The summed E-state index contributed by atoms with van der Waals surface area (Å²) in [6.07, 6.45) is 7.33. The Morgan fingerprint density at radius 1 is 0.946 bits per heavy atom. The molecule has 0 radical (unpaired) electrons. The van der Waals surface area contributed by atoms with Crippen LogP contribution in [0.25, 0.3) is 33.5 Å². The van der Waals surface area contributed by atoms with Gasteiger partial charge in [-0.25, -0.2) is 14.6 Å². The number of ether oxygens (including phenoxy) is 2. The second-order valence-corrected chi connectivity index (χ2v) is 9.10. The van der Waals surface area contributed by atoms with E-state index in [1.165, 1.54) is 0 Å². The predicted octanol–water partition coefficient (Wildman–Crippen LogP) is 3.05. The van der Waals surface area contributed by atoms with Crippen LogP contribution in [0.2, 0.25) is 0 Å². The summed E-state index contributed by atoms with van der Waals surface area (Å²) >= 11 is 0. The molecule has 1 aliphatic heterocycles. The van der Waals surface area contributed by atoms with E-state index in [-0.39, 0.29) is 0 Å². The fourth-order valence-corrected chi connectivity index (χ4v) is 4.47. The molecule has 188 valence electrons. The van der Waals surface area contributed by atoms with Crippen molar-refractivity contribution in [2.24, 2.45) is 7.05 Å². The minimum absolute atomic E-state index is 0.587. The van der Waals surface area contributed by atoms with Crippen LogP contribution in [0, 0.1) is 0 Å². The standard InChI is InChI=1S/C27H28N8O2/c1-33-19-23(15-30-33)21-5-6-25-26(14-21)35(32-31-25)18-20-3-2-4-22(13-20)27-28-16-24(17-29-27)37-12-9-34-7-10-36-11-8-34/h2-6,13-17,19H,7-12,18H2,1H3. The molecule has 0 unspecified atom stereocenters. The van der Waals surface area contributed by atoms with Gasteiger partial charge in [0.15, 0.2) is 11.6 Å². The highest BCUT2D eigenvalue weighted by atomic mass is 16.5. The largest absolute Gasteiger partial charge is 0.489 e. The fourth-order valence-electron chi connectivity index (χ4n) is 4.47. The first-order valence-electron chi connectivity index (χ1n) is 12.4. The fraction of sp³-hybridized carbons (Fsp3) is 0.296. The van der Waals surface area contributed by atoms with Crippen LogP contribution in [0.4, 0.5) is 0 Å². The Kier molecular flexibility index (Phi) is 6.57. The number of hydrogen-bond acceptors (Lipinski definition) is 8. The van der Waals surface area contributed by atoms with Gasteiger partial charge in [-0.3, -0.25) is 9.58 Å². The molecule has 0 amide bonds. The van der Waals surface area contributed by atoms with Crippen molar-refractivity contribution in [3.05, 3.63) is 72.8 Å². The van der Waals surface area contributed by atoms with E-state index >= 15 is 0 Å². The Morgan fingerprint density at radius 3 is 2.62 bits per heavy atom. The third kappa shape index (κ3) is 5.35. The van der Waals surface area contributed by atoms with E-state index in [2.05, 4.69) is 48.5 Å². The molecule has 0 saturated carbocycles. The number of morpholine rings is 1. The van der Waals surface area contributed by atoms with Crippen molar-refractivity contribution in [2.75, 3.05) is 39.5 Å². The molecule has 0 atom stereocenters. The molecule has 2 aromatic carbocycles. The lowest BCUT2D eigenvalue weighted by molar-refractivity contribution is 0.0322. The summed E-state index contributed by atoms with van der Waals surface area (Å²) < 4.78 is 14.9. The number of aryl methyl sites for hydroxylation is 1. The zero-order chi connectivity index (χ0) is 25.0. The molecule has 0 aliphatic carbocycles. The van der Waals surface area contributed by atoms with Gasteiger partial charge >= 0.3 is 0 Å². The smallest absolute Gasteiger partial charge is 0.159 e. The van der Waals surface area contributed by atoms with Gasteiger partial charge in [-0.1, -0.05) is 29.5 Å². The Bertz CT molecular complexity index is 1490. The zero-order valence-corrected chi connectivity index (χ0v) is 20.7. The molecule has 6 rings (SSSR count). The Balaban J connectivity index is 1.14. The second-order valence-electron chi connectivity index (χ2n) is 9.10. The summed E-state index contributed by atoms with van der Waals surface area (Å²) in [5.74, 6) is 1.33. The molecule has 3 aromatic heterocycles. The zero-order valence-electron chi connectivity index (χ0n) is 20.7. The lowest BCUT2D eigenvalue weighted by Gasteiger charge is -2.26. The molecule has 1 fully saturated rings. The topological polar surface area (TPSA) is 96.0 Å². The maximum Gasteiger partial charge on any atom is 0.159 e. The van der Waals surface area contributed by atoms with Gasteiger partial charge in [-0.15, -0.1) is 5.10 Å². The first-order chi connectivity index (χ1) is 18.2. The third-order valence-corrected chi connectivity index (χ3v) is 6.48. The summed E-state index contributed by atoms with van der Waals surface area (Å²) in [6, 6.07) is 14.3. The predicted molar refractivity (Wildman–Crippen MR) is 139 cm³/mol. The summed E-state index contributed by atoms with van der Waals surface area (Å²) in [5.41, 5.74) is 6.00. The molecule has 0 N–H and O–H groups in total. The number of aromatic nitrogens is 7. The van der Waals surface area contributed by atoms with Crippen LogP contribution < -0.4 is 4.74 Å². The van der Waals surface area contributed by atoms with Crippen molar-refractivity contribution in [3.63, 3.8) is 0 Å². The van der Waals surface area contributed by atoms with E-state index < -0.39 is 0 Å². The molecule has 1 aliphatic rings. The van der Waals surface area contributed by atoms with E-state index in [1.54, 1.807) is 17.1 Å². The number of rotatable bonds is 8. The number of benzene rings is 2. The Morgan fingerprint density at radius 2 is 1.81 bits per heavy atom. The maximum atomic E-state index is 5.85. The molecule has 5 aromatic rings. The van der Waals surface area contributed by atoms with Crippen LogP contribution in [0.1, 0.15) is 5.56 Å². The minimum atomic E-state index is 0.587. The van der Waals surface area contributed by atoms with Crippen molar-refractivity contribution < 1.29 is 9.47 Å². The molecule has 10 heteroatoms. The van der Waals surface area contributed by atoms with Crippen molar-refractivity contribution in [2.45, 2.75) is 6.54 Å². The van der Waals surface area contributed by atoms with E-state index in [4.69, 9.17) is 9.47 Å². The number of hydrogen-bond donors (Lipinski definition) is 0.